The fourth-order valence-electron chi connectivity index (χ4n) is 3.34. The van der Waals surface area contributed by atoms with E-state index in [9.17, 15) is 14.4 Å². The van der Waals surface area contributed by atoms with E-state index in [1.807, 2.05) is 0 Å². The molecule has 0 aliphatic carbocycles. The molecule has 0 rings (SSSR count). The Balaban J connectivity index is 3.09. The summed E-state index contributed by atoms with van der Waals surface area (Å²) < 4.78 is 69.2. The molecular weight excluding hydrogens is 670 g/mol. The fraction of sp³-hybridized carbons (Fsp3) is 0.906. The van der Waals surface area contributed by atoms with E-state index in [0.29, 0.717) is 165 Å². The number of carbonyl (C=O) groups excluding carboxylic acids is 2. The largest absolute Gasteiger partial charge is 0.481 e. The lowest BCUT2D eigenvalue weighted by Gasteiger charge is -2.09. The Morgan fingerprint density at radius 2 is 0.700 bits per heavy atom. The number of amides is 1. The van der Waals surface area contributed by atoms with E-state index in [1.54, 1.807) is 0 Å². The van der Waals surface area contributed by atoms with Crippen molar-refractivity contribution in [2.45, 2.75) is 19.3 Å². The molecule has 0 unspecified atom stereocenters. The molecule has 18 nitrogen and oxygen atoms in total. The number of esters is 1. The van der Waals surface area contributed by atoms with Gasteiger partial charge in [-0.3, -0.25) is 9.59 Å². The van der Waals surface area contributed by atoms with Gasteiger partial charge < -0.3 is 72.0 Å². The summed E-state index contributed by atoms with van der Waals surface area (Å²) >= 11 is 0. The van der Waals surface area contributed by atoms with Crippen molar-refractivity contribution < 1.29 is 81.1 Å². The van der Waals surface area contributed by atoms with Gasteiger partial charge in [0, 0.05) is 19.6 Å². The summed E-state index contributed by atoms with van der Waals surface area (Å²) in [6.45, 7) is 10.9. The van der Waals surface area contributed by atoms with Gasteiger partial charge in [-0.05, 0) is 6.42 Å². The van der Waals surface area contributed by atoms with E-state index in [0.717, 1.165) is 0 Å². The number of hydrogen-bond acceptors (Lipinski definition) is 16. The summed E-state index contributed by atoms with van der Waals surface area (Å²) in [6.07, 6.45) is 0.465. The lowest BCUT2D eigenvalue weighted by atomic mass is 10.3. The van der Waals surface area contributed by atoms with E-state index in [4.69, 9.17) is 61.9 Å². The van der Waals surface area contributed by atoms with Gasteiger partial charge in [0.15, 0.2) is 0 Å². The first kappa shape index (κ1) is 47.9. The van der Waals surface area contributed by atoms with Gasteiger partial charge in [0.1, 0.15) is 6.61 Å². The van der Waals surface area contributed by atoms with Crippen LogP contribution in [-0.4, -0.2) is 195 Å². The Morgan fingerprint density at radius 3 is 0.980 bits per heavy atom. The third kappa shape index (κ3) is 42.1. The first-order chi connectivity index (χ1) is 24.6. The van der Waals surface area contributed by atoms with E-state index in [-0.39, 0.29) is 25.4 Å². The van der Waals surface area contributed by atoms with Gasteiger partial charge in [-0.25, -0.2) is 4.79 Å². The number of methoxy groups -OCH3 is 1. The Morgan fingerprint density at radius 1 is 0.420 bits per heavy atom. The third-order valence-electron chi connectivity index (χ3n) is 5.89. The third-order valence-corrected chi connectivity index (χ3v) is 5.89. The van der Waals surface area contributed by atoms with Crippen LogP contribution in [0.4, 0.5) is 0 Å². The molecule has 0 bridgehead atoms. The Labute approximate surface area is 295 Å². The van der Waals surface area contributed by atoms with Crippen molar-refractivity contribution in [1.82, 2.24) is 5.32 Å². The van der Waals surface area contributed by atoms with Gasteiger partial charge >= 0.3 is 11.9 Å². The molecule has 0 saturated heterocycles. The average Bonchev–Trinajstić information content (AvgIpc) is 3.11. The molecule has 0 heterocycles. The first-order valence-electron chi connectivity index (χ1n) is 17.0. The fourth-order valence-corrected chi connectivity index (χ4v) is 3.34. The average molecular weight is 732 g/mol. The van der Waals surface area contributed by atoms with Crippen LogP contribution in [0.15, 0.2) is 0 Å². The normalized spacial score (nSPS) is 11.2. The minimum absolute atomic E-state index is 0.0142. The minimum Gasteiger partial charge on any atom is -0.481 e. The highest BCUT2D eigenvalue weighted by molar-refractivity contribution is 5.80. The van der Waals surface area contributed by atoms with Crippen molar-refractivity contribution >= 4 is 17.8 Å². The molecule has 296 valence electrons. The zero-order chi connectivity index (χ0) is 36.4. The van der Waals surface area contributed by atoms with Gasteiger partial charge in [0.25, 0.3) is 0 Å². The number of aliphatic carboxylic acids is 1. The van der Waals surface area contributed by atoms with Crippen molar-refractivity contribution in [3.8, 4) is 0 Å². The lowest BCUT2D eigenvalue weighted by molar-refractivity contribution is -0.146. The van der Waals surface area contributed by atoms with Crippen LogP contribution in [0.2, 0.25) is 0 Å². The van der Waals surface area contributed by atoms with E-state index in [2.05, 4.69) is 10.1 Å². The van der Waals surface area contributed by atoms with E-state index >= 15 is 0 Å². The number of rotatable bonds is 42. The predicted octanol–water partition coefficient (Wildman–Crippen LogP) is -0.270. The van der Waals surface area contributed by atoms with Crippen LogP contribution in [0.3, 0.4) is 0 Å². The smallest absolute Gasteiger partial charge is 0.331 e. The monoisotopic (exact) mass is 731 g/mol. The zero-order valence-electron chi connectivity index (χ0n) is 29.8. The summed E-state index contributed by atoms with van der Waals surface area (Å²) in [4.78, 5) is 32.6. The van der Waals surface area contributed by atoms with Crippen LogP contribution in [-0.2, 0) is 76.0 Å². The molecule has 0 fully saturated rings. The number of nitrogens with one attached hydrogen (secondary N) is 1. The summed E-state index contributed by atoms with van der Waals surface area (Å²) in [5.74, 6) is -1.67. The zero-order valence-corrected chi connectivity index (χ0v) is 29.8. The molecule has 2 N–H and O–H groups in total. The van der Waals surface area contributed by atoms with Crippen molar-refractivity contribution in [3.05, 3.63) is 0 Å². The summed E-state index contributed by atoms with van der Waals surface area (Å²) in [6, 6.07) is 0. The lowest BCUT2D eigenvalue weighted by Crippen LogP contribution is -2.25. The second-order valence-corrected chi connectivity index (χ2v) is 9.96. The second-order valence-electron chi connectivity index (χ2n) is 9.96. The highest BCUT2D eigenvalue weighted by atomic mass is 16.6. The molecule has 0 atom stereocenters. The van der Waals surface area contributed by atoms with Crippen molar-refractivity contribution in [2.24, 2.45) is 0 Å². The molecule has 0 aromatic carbocycles. The van der Waals surface area contributed by atoms with Crippen LogP contribution in [0, 0.1) is 0 Å². The molecule has 50 heavy (non-hydrogen) atoms. The number of carboxylic acids is 1. The van der Waals surface area contributed by atoms with Gasteiger partial charge in [0.05, 0.1) is 159 Å². The molecular formula is C32H61NO17. The maximum absolute atomic E-state index is 11.4. The highest BCUT2D eigenvalue weighted by Gasteiger charge is 2.04. The van der Waals surface area contributed by atoms with Crippen molar-refractivity contribution in [2.75, 3.05) is 172 Å². The topological polar surface area (TPSA) is 203 Å². The van der Waals surface area contributed by atoms with Gasteiger partial charge in [0.2, 0.25) is 5.91 Å². The Kier molecular flexibility index (Phi) is 39.6. The summed E-state index contributed by atoms with van der Waals surface area (Å²) in [5.41, 5.74) is 0. The van der Waals surface area contributed by atoms with Gasteiger partial charge in [-0.15, -0.1) is 0 Å². The van der Waals surface area contributed by atoms with Crippen LogP contribution in [0.5, 0.6) is 0 Å². The standard InChI is InChI=1S/C32H61NO17/c1-38-32(37)29-50-28-27-49-26-25-48-24-23-47-22-21-46-20-19-45-18-17-44-16-15-43-14-13-42-12-11-41-10-9-40-8-7-39-6-2-5-33-30(34)3-4-31(35)36/h2-29H2,1H3,(H,33,34)(H,35,36). The van der Waals surface area contributed by atoms with Crippen molar-refractivity contribution in [1.29, 1.82) is 0 Å². The van der Waals surface area contributed by atoms with Crippen LogP contribution in [0.25, 0.3) is 0 Å². The second kappa shape index (κ2) is 41.4. The number of carbonyl (C=O) groups is 3. The number of ether oxygens (including phenoxy) is 13. The maximum Gasteiger partial charge on any atom is 0.331 e. The highest BCUT2D eigenvalue weighted by Crippen LogP contribution is 1.90. The van der Waals surface area contributed by atoms with E-state index in [1.165, 1.54) is 7.11 Å². The molecule has 0 aromatic rings. The number of carboxylic acid groups (broad SMARTS) is 1. The van der Waals surface area contributed by atoms with Crippen LogP contribution in [0.1, 0.15) is 19.3 Å². The van der Waals surface area contributed by atoms with Gasteiger partial charge in [-0.2, -0.15) is 0 Å². The van der Waals surface area contributed by atoms with Crippen LogP contribution < -0.4 is 5.32 Å². The Hall–Kier alpha value is -2.07. The molecule has 0 saturated carbocycles. The Bertz CT molecular complexity index is 750. The first-order valence-corrected chi connectivity index (χ1v) is 17.0. The predicted molar refractivity (Wildman–Crippen MR) is 176 cm³/mol. The van der Waals surface area contributed by atoms with Crippen LogP contribution >= 0.6 is 0 Å². The molecule has 0 aliphatic heterocycles. The molecule has 0 aliphatic rings. The molecule has 0 radical (unpaired) electrons. The molecule has 18 heteroatoms. The van der Waals surface area contributed by atoms with E-state index < -0.39 is 11.9 Å². The summed E-state index contributed by atoms with van der Waals surface area (Å²) in [7, 11) is 1.31. The maximum atomic E-state index is 11.4. The van der Waals surface area contributed by atoms with Gasteiger partial charge in [-0.1, -0.05) is 0 Å². The SMILES string of the molecule is COC(=O)COCCOCCOCCOCCOCCOCCOCCOCCOCCOCCOCCOCCCNC(=O)CCC(=O)O. The quantitative estimate of drug-likeness (QED) is 0.0613. The minimum atomic E-state index is -0.986. The van der Waals surface area contributed by atoms with Crippen molar-refractivity contribution in [3.63, 3.8) is 0 Å². The molecule has 0 aromatic heterocycles. The molecule has 0 spiro atoms. The summed E-state index contributed by atoms with van der Waals surface area (Å²) in [5, 5.41) is 11.2. The number of hydrogen-bond donors (Lipinski definition) is 2. The molecule has 1 amide bonds.